The molecule has 0 N–H and O–H groups in total. The first-order chi connectivity index (χ1) is 25.3. The minimum atomic E-state index is -1.52. The Kier molecular flexibility index (Phi) is 4.36. The van der Waals surface area contributed by atoms with Crippen LogP contribution in [0.15, 0.2) is 176 Å². The van der Waals surface area contributed by atoms with Crippen LogP contribution in [0.3, 0.4) is 0 Å². The molecule has 0 bridgehead atoms. The summed E-state index contributed by atoms with van der Waals surface area (Å²) >= 11 is 0. The molecule has 1 aromatic heterocycles. The summed E-state index contributed by atoms with van der Waals surface area (Å²) in [5.41, 5.74) is 3.75. The lowest BCUT2D eigenvalue weighted by atomic mass is 9.63. The fourth-order valence-electron chi connectivity index (χ4n) is 6.94. The Balaban J connectivity index is 1.48. The van der Waals surface area contributed by atoms with Crippen LogP contribution in [0.4, 0.5) is 0 Å². The van der Waals surface area contributed by atoms with E-state index in [0.717, 1.165) is 27.5 Å². The van der Waals surface area contributed by atoms with Gasteiger partial charge in [-0.05, 0) is 64.6 Å². The van der Waals surface area contributed by atoms with E-state index in [-0.39, 0.29) is 52.4 Å². The maximum absolute atomic E-state index is 10.2. The van der Waals surface area contributed by atoms with Gasteiger partial charge in [-0.25, -0.2) is 0 Å². The van der Waals surface area contributed by atoms with Crippen LogP contribution in [0, 0.1) is 0 Å². The van der Waals surface area contributed by atoms with E-state index in [1.54, 1.807) is 0 Å². The van der Waals surface area contributed by atoms with Gasteiger partial charge in [-0.3, -0.25) is 0 Å². The lowest BCUT2D eigenvalue weighted by Crippen LogP contribution is -2.34. The van der Waals surface area contributed by atoms with Gasteiger partial charge in [-0.1, -0.05) is 133 Å². The van der Waals surface area contributed by atoms with Crippen LogP contribution in [0.25, 0.3) is 38.6 Å². The van der Waals surface area contributed by atoms with Gasteiger partial charge in [0.2, 0.25) is 0 Å². The van der Waals surface area contributed by atoms with Crippen LogP contribution < -0.4 is 4.74 Å². The molecule has 0 radical (unpaired) electrons. The van der Waals surface area contributed by atoms with Gasteiger partial charge in [-0.15, -0.1) is 0 Å². The smallest absolute Gasteiger partial charge is 0.132 e. The van der Waals surface area contributed by atoms with E-state index in [9.17, 15) is 5.48 Å². The predicted octanol–water partition coefficient (Wildman–Crippen LogP) is 10.9. The van der Waals surface area contributed by atoms with E-state index in [1.165, 1.54) is 0 Å². The maximum atomic E-state index is 10.2. The molecule has 1 aliphatic rings. The second-order valence-electron chi connectivity index (χ2n) is 11.1. The molecule has 9 rings (SSSR count). The fourth-order valence-corrected chi connectivity index (χ4v) is 6.94. The monoisotopic (exact) mass is 582 g/mol. The van der Waals surface area contributed by atoms with Gasteiger partial charge < -0.3 is 9.30 Å². The molecule has 7 aromatic carbocycles. The van der Waals surface area contributed by atoms with Gasteiger partial charge in [0.05, 0.1) is 26.0 Å². The molecule has 2 heteroatoms. The predicted molar refractivity (Wildman–Crippen MR) is 185 cm³/mol. The van der Waals surface area contributed by atoms with Crippen LogP contribution in [-0.2, 0) is 5.41 Å². The van der Waals surface area contributed by atoms with Gasteiger partial charge in [0, 0.05) is 27.6 Å². The van der Waals surface area contributed by atoms with E-state index in [1.807, 2.05) is 133 Å². The number of benzene rings is 7. The highest BCUT2D eigenvalue weighted by molar-refractivity contribution is 6.15. The largest absolute Gasteiger partial charge is 0.457 e. The van der Waals surface area contributed by atoms with Crippen molar-refractivity contribution in [1.82, 2.24) is 4.57 Å². The summed E-state index contributed by atoms with van der Waals surface area (Å²) in [6.45, 7) is 0. The lowest BCUT2D eigenvalue weighted by Gasteiger charge is -2.41. The summed E-state index contributed by atoms with van der Waals surface area (Å²) in [6, 6.07) is 40.3. The third-order valence-corrected chi connectivity index (χ3v) is 8.78. The van der Waals surface area contributed by atoms with Gasteiger partial charge in [0.15, 0.2) is 0 Å². The molecule has 2 nitrogen and oxygen atoms in total. The standard InChI is InChI=1S/C43H29NO/c1-4-15-31(16-5-1)43(32-17-6-2-7-18-32)36-23-11-13-26-40(36)45-41-28-27-30(29-37(41)43)34-22-14-25-39-42(34)35-21-10-12-24-38(35)44(39)33-19-8-3-9-20-33/h1-29H/i11D,13D,23D,26D,27D,28D,29D. The number of hydrogen-bond donors (Lipinski definition) is 0. The number of hydrogen-bond acceptors (Lipinski definition) is 1. The minimum Gasteiger partial charge on any atom is -0.457 e. The molecule has 0 aliphatic carbocycles. The molecular weight excluding hydrogens is 546 g/mol. The van der Waals surface area contributed by atoms with Crippen molar-refractivity contribution in [3.63, 3.8) is 0 Å². The molecule has 0 spiro atoms. The van der Waals surface area contributed by atoms with E-state index in [4.69, 9.17) is 8.85 Å². The van der Waals surface area contributed by atoms with E-state index in [0.29, 0.717) is 16.7 Å². The Hall–Kier alpha value is -5.86. The second kappa shape index (κ2) is 10.1. The molecular formula is C43H29NO. The summed E-state index contributed by atoms with van der Waals surface area (Å²) < 4.78 is 73.5. The molecule has 0 atom stereocenters. The normalized spacial score (nSPS) is 15.4. The number of nitrogens with zero attached hydrogens (tertiary/aromatic N) is 1. The summed E-state index contributed by atoms with van der Waals surface area (Å²) in [6.07, 6.45) is 0. The first kappa shape index (κ1) is 19.4. The van der Waals surface area contributed by atoms with Gasteiger partial charge in [-0.2, -0.15) is 0 Å². The Morgan fingerprint density at radius 3 is 1.91 bits per heavy atom. The van der Waals surface area contributed by atoms with Gasteiger partial charge in [0.25, 0.3) is 0 Å². The van der Waals surface area contributed by atoms with Crippen molar-refractivity contribution >= 4 is 21.8 Å². The fraction of sp³-hybridized carbons (Fsp3) is 0.0233. The summed E-state index contributed by atoms with van der Waals surface area (Å²) in [7, 11) is 0. The van der Waals surface area contributed by atoms with E-state index < -0.39 is 23.5 Å². The average molecular weight is 583 g/mol. The molecule has 45 heavy (non-hydrogen) atoms. The van der Waals surface area contributed by atoms with Crippen molar-refractivity contribution in [2.45, 2.75) is 5.41 Å². The first-order valence-electron chi connectivity index (χ1n) is 18.4. The molecule has 2 heterocycles. The summed E-state index contributed by atoms with van der Waals surface area (Å²) in [5, 5.41) is 1.75. The topological polar surface area (TPSA) is 14.2 Å². The van der Waals surface area contributed by atoms with Crippen molar-refractivity contribution in [2.75, 3.05) is 0 Å². The SMILES string of the molecule is [2H]c1c([2H])c([2H])c2c(c1[2H])Oc1c([2H])c([2H])c(-c3cccc4c3c3ccccc3n4-c3ccccc3)c([2H])c1C2(c1ccccc1)c1ccccc1. The van der Waals surface area contributed by atoms with Crippen molar-refractivity contribution in [3.05, 3.63) is 198 Å². The quantitative estimate of drug-likeness (QED) is 0.201. The van der Waals surface area contributed by atoms with Crippen LogP contribution in [0.2, 0.25) is 0 Å². The Bertz CT molecular complexity index is 2690. The lowest BCUT2D eigenvalue weighted by molar-refractivity contribution is 0.434. The molecule has 0 amide bonds. The zero-order chi connectivity index (χ0) is 35.9. The van der Waals surface area contributed by atoms with E-state index in [2.05, 4.69) is 4.57 Å². The third-order valence-electron chi connectivity index (χ3n) is 8.78. The van der Waals surface area contributed by atoms with Crippen LogP contribution in [-0.4, -0.2) is 4.57 Å². The Morgan fingerprint density at radius 1 is 0.533 bits per heavy atom. The number of fused-ring (bicyclic) bond motifs is 5. The van der Waals surface area contributed by atoms with Crippen molar-refractivity contribution in [2.24, 2.45) is 0 Å². The van der Waals surface area contributed by atoms with Crippen molar-refractivity contribution < 1.29 is 14.3 Å². The zero-order valence-electron chi connectivity index (χ0n) is 31.1. The first-order valence-corrected chi connectivity index (χ1v) is 14.9. The summed E-state index contributed by atoms with van der Waals surface area (Å²) in [4.78, 5) is 0. The Morgan fingerprint density at radius 2 is 1.16 bits per heavy atom. The molecule has 212 valence electrons. The average Bonchev–Trinajstić information content (AvgIpc) is 3.53. The number of ether oxygens (including phenoxy) is 1. The highest BCUT2D eigenvalue weighted by Gasteiger charge is 2.45. The maximum Gasteiger partial charge on any atom is 0.132 e. The van der Waals surface area contributed by atoms with Crippen LogP contribution in [0.1, 0.15) is 31.8 Å². The number of aromatic nitrogens is 1. The third kappa shape index (κ3) is 3.76. The molecule has 0 saturated carbocycles. The summed E-state index contributed by atoms with van der Waals surface area (Å²) in [5.74, 6) is -0.206. The molecule has 0 unspecified atom stereocenters. The molecule has 0 fully saturated rings. The second-order valence-corrected chi connectivity index (χ2v) is 11.1. The minimum absolute atomic E-state index is 0.0641. The van der Waals surface area contributed by atoms with Gasteiger partial charge in [0.1, 0.15) is 11.5 Å². The van der Waals surface area contributed by atoms with Crippen molar-refractivity contribution in [3.8, 4) is 28.3 Å². The van der Waals surface area contributed by atoms with E-state index >= 15 is 0 Å². The molecule has 0 saturated heterocycles. The molecule has 8 aromatic rings. The Labute approximate surface area is 272 Å². The zero-order valence-corrected chi connectivity index (χ0v) is 24.1. The van der Waals surface area contributed by atoms with Crippen LogP contribution in [0.5, 0.6) is 11.5 Å². The highest BCUT2D eigenvalue weighted by Crippen LogP contribution is 2.56. The number of para-hydroxylation sites is 3. The number of rotatable bonds is 4. The highest BCUT2D eigenvalue weighted by atomic mass is 16.5. The molecule has 1 aliphatic heterocycles. The van der Waals surface area contributed by atoms with Gasteiger partial charge >= 0.3 is 0 Å². The van der Waals surface area contributed by atoms with Crippen LogP contribution >= 0.6 is 0 Å². The van der Waals surface area contributed by atoms with Crippen molar-refractivity contribution in [1.29, 1.82) is 0 Å².